The van der Waals surface area contributed by atoms with E-state index in [9.17, 15) is 4.39 Å². The Bertz CT molecular complexity index is 297. The maximum absolute atomic E-state index is 13.2. The molecule has 0 amide bonds. The third kappa shape index (κ3) is 2.12. The molecule has 0 aromatic carbocycles. The summed E-state index contributed by atoms with van der Waals surface area (Å²) in [6, 6.07) is 1.99. The molecule has 0 spiro atoms. The van der Waals surface area contributed by atoms with Crippen molar-refractivity contribution in [3.63, 3.8) is 0 Å². The van der Waals surface area contributed by atoms with Gasteiger partial charge >= 0.3 is 0 Å². The molecule has 1 aromatic heterocycles. The highest BCUT2D eigenvalue weighted by molar-refractivity contribution is 4.99. The van der Waals surface area contributed by atoms with E-state index in [0.717, 1.165) is 18.5 Å². The third-order valence-corrected chi connectivity index (χ3v) is 2.75. The van der Waals surface area contributed by atoms with E-state index in [4.69, 9.17) is 0 Å². The maximum Gasteiger partial charge on any atom is 0.115 e. The molecule has 1 fully saturated rings. The molecule has 3 nitrogen and oxygen atoms in total. The SMILES string of the molecule is Cn1ccc(CNC2CCCC2F)n1. The zero-order chi connectivity index (χ0) is 9.97. The van der Waals surface area contributed by atoms with Gasteiger partial charge in [0.05, 0.1) is 5.69 Å². The van der Waals surface area contributed by atoms with Crippen LogP contribution in [0.15, 0.2) is 12.3 Å². The van der Waals surface area contributed by atoms with Crippen molar-refractivity contribution in [3.05, 3.63) is 18.0 Å². The van der Waals surface area contributed by atoms with Crippen molar-refractivity contribution in [2.75, 3.05) is 0 Å². The predicted octanol–water partition coefficient (Wildman–Crippen LogP) is 1.40. The average molecular weight is 197 g/mol. The summed E-state index contributed by atoms with van der Waals surface area (Å²) in [5.41, 5.74) is 0.978. The first-order valence-electron chi connectivity index (χ1n) is 5.11. The van der Waals surface area contributed by atoms with Crippen LogP contribution in [0.5, 0.6) is 0 Å². The first kappa shape index (κ1) is 9.65. The lowest BCUT2D eigenvalue weighted by atomic mass is 10.2. The number of nitrogens with zero attached hydrogens (tertiary/aromatic N) is 2. The largest absolute Gasteiger partial charge is 0.305 e. The average Bonchev–Trinajstić information content (AvgIpc) is 2.72. The molecule has 1 N–H and O–H groups in total. The fraction of sp³-hybridized carbons (Fsp3) is 0.700. The molecular formula is C10H16FN3. The lowest BCUT2D eigenvalue weighted by molar-refractivity contribution is 0.278. The Morgan fingerprint density at radius 3 is 3.07 bits per heavy atom. The van der Waals surface area contributed by atoms with Crippen LogP contribution in [0.25, 0.3) is 0 Å². The minimum absolute atomic E-state index is 0.0389. The molecule has 2 atom stereocenters. The molecule has 0 bridgehead atoms. The van der Waals surface area contributed by atoms with Gasteiger partial charge in [-0.15, -0.1) is 0 Å². The Labute approximate surface area is 83.3 Å². The van der Waals surface area contributed by atoms with E-state index in [-0.39, 0.29) is 6.04 Å². The van der Waals surface area contributed by atoms with Crippen LogP contribution in [-0.4, -0.2) is 22.0 Å². The molecule has 0 saturated heterocycles. The molecular weight excluding hydrogens is 181 g/mol. The van der Waals surface area contributed by atoms with Crippen LogP contribution in [0.3, 0.4) is 0 Å². The molecule has 2 rings (SSSR count). The zero-order valence-corrected chi connectivity index (χ0v) is 8.41. The monoisotopic (exact) mass is 197 g/mol. The minimum Gasteiger partial charge on any atom is -0.305 e. The van der Waals surface area contributed by atoms with Gasteiger partial charge in [-0.05, 0) is 25.3 Å². The van der Waals surface area contributed by atoms with E-state index >= 15 is 0 Å². The highest BCUT2D eigenvalue weighted by atomic mass is 19.1. The highest BCUT2D eigenvalue weighted by Gasteiger charge is 2.26. The van der Waals surface area contributed by atoms with Crippen molar-refractivity contribution in [3.8, 4) is 0 Å². The van der Waals surface area contributed by atoms with E-state index in [0.29, 0.717) is 13.0 Å². The highest BCUT2D eigenvalue weighted by Crippen LogP contribution is 2.21. The topological polar surface area (TPSA) is 29.9 Å². The van der Waals surface area contributed by atoms with Gasteiger partial charge in [-0.25, -0.2) is 4.39 Å². The number of halogens is 1. The summed E-state index contributed by atoms with van der Waals surface area (Å²) in [5.74, 6) is 0. The normalized spacial score (nSPS) is 27.0. The zero-order valence-electron chi connectivity index (χ0n) is 8.41. The van der Waals surface area contributed by atoms with Gasteiger partial charge < -0.3 is 5.32 Å². The van der Waals surface area contributed by atoms with Gasteiger partial charge in [-0.3, -0.25) is 4.68 Å². The molecule has 1 heterocycles. The minimum atomic E-state index is -0.668. The van der Waals surface area contributed by atoms with E-state index in [2.05, 4.69) is 10.4 Å². The Morgan fingerprint density at radius 2 is 2.50 bits per heavy atom. The molecule has 0 radical (unpaired) electrons. The van der Waals surface area contributed by atoms with Crippen LogP contribution < -0.4 is 5.32 Å². The Morgan fingerprint density at radius 1 is 1.64 bits per heavy atom. The molecule has 2 unspecified atom stereocenters. The number of aryl methyl sites for hydroxylation is 1. The second-order valence-corrected chi connectivity index (χ2v) is 3.92. The maximum atomic E-state index is 13.2. The van der Waals surface area contributed by atoms with Crippen molar-refractivity contribution in [1.82, 2.24) is 15.1 Å². The van der Waals surface area contributed by atoms with E-state index in [1.807, 2.05) is 19.3 Å². The number of hydrogen-bond donors (Lipinski definition) is 1. The first-order valence-corrected chi connectivity index (χ1v) is 5.11. The standard InChI is InChI=1S/C10H16FN3/c1-14-6-5-8(13-14)7-12-10-4-2-3-9(10)11/h5-6,9-10,12H,2-4,7H2,1H3. The van der Waals surface area contributed by atoms with Gasteiger partial charge in [-0.1, -0.05) is 0 Å². The summed E-state index contributed by atoms with van der Waals surface area (Å²) in [5, 5.41) is 7.44. The Kier molecular flexibility index (Phi) is 2.82. The second kappa shape index (κ2) is 4.09. The van der Waals surface area contributed by atoms with Gasteiger partial charge in [-0.2, -0.15) is 5.10 Å². The van der Waals surface area contributed by atoms with Crippen LogP contribution >= 0.6 is 0 Å². The molecule has 1 saturated carbocycles. The number of hydrogen-bond acceptors (Lipinski definition) is 2. The van der Waals surface area contributed by atoms with Gasteiger partial charge in [0.1, 0.15) is 6.17 Å². The van der Waals surface area contributed by atoms with E-state index in [1.54, 1.807) is 4.68 Å². The van der Waals surface area contributed by atoms with Crippen molar-refractivity contribution in [2.45, 2.75) is 38.0 Å². The van der Waals surface area contributed by atoms with Crippen LogP contribution in [0.2, 0.25) is 0 Å². The first-order chi connectivity index (χ1) is 6.75. The summed E-state index contributed by atoms with van der Waals surface area (Å²) in [6.07, 6.45) is 3.90. The summed E-state index contributed by atoms with van der Waals surface area (Å²) in [7, 11) is 1.89. The number of alkyl halides is 1. The van der Waals surface area contributed by atoms with Crippen molar-refractivity contribution >= 4 is 0 Å². The Hall–Kier alpha value is -0.900. The van der Waals surface area contributed by atoms with Crippen LogP contribution in [-0.2, 0) is 13.6 Å². The number of nitrogens with one attached hydrogen (secondary N) is 1. The summed E-state index contributed by atoms with van der Waals surface area (Å²) >= 11 is 0. The fourth-order valence-electron chi connectivity index (χ4n) is 1.94. The van der Waals surface area contributed by atoms with Gasteiger partial charge in [0, 0.05) is 25.8 Å². The van der Waals surface area contributed by atoms with E-state index in [1.165, 1.54) is 0 Å². The van der Waals surface area contributed by atoms with Crippen LogP contribution in [0.4, 0.5) is 4.39 Å². The summed E-state index contributed by atoms with van der Waals surface area (Å²) < 4.78 is 15.0. The quantitative estimate of drug-likeness (QED) is 0.793. The second-order valence-electron chi connectivity index (χ2n) is 3.92. The van der Waals surface area contributed by atoms with Crippen LogP contribution in [0.1, 0.15) is 25.0 Å². The van der Waals surface area contributed by atoms with Crippen LogP contribution in [0, 0.1) is 0 Å². The summed E-state index contributed by atoms with van der Waals surface area (Å²) in [4.78, 5) is 0. The Balaban J connectivity index is 1.82. The molecule has 0 aliphatic heterocycles. The molecule has 1 aliphatic rings. The fourth-order valence-corrected chi connectivity index (χ4v) is 1.94. The van der Waals surface area contributed by atoms with Gasteiger partial charge in [0.15, 0.2) is 0 Å². The summed E-state index contributed by atoms with van der Waals surface area (Å²) in [6.45, 7) is 0.673. The van der Waals surface area contributed by atoms with Gasteiger partial charge in [0.2, 0.25) is 0 Å². The van der Waals surface area contributed by atoms with Crippen molar-refractivity contribution < 1.29 is 4.39 Å². The smallest absolute Gasteiger partial charge is 0.115 e. The molecule has 14 heavy (non-hydrogen) atoms. The molecule has 78 valence electrons. The predicted molar refractivity (Wildman–Crippen MR) is 52.6 cm³/mol. The van der Waals surface area contributed by atoms with Gasteiger partial charge in [0.25, 0.3) is 0 Å². The lowest BCUT2D eigenvalue weighted by Gasteiger charge is -2.13. The number of aromatic nitrogens is 2. The molecule has 1 aliphatic carbocycles. The third-order valence-electron chi connectivity index (χ3n) is 2.75. The van der Waals surface area contributed by atoms with Crippen molar-refractivity contribution in [1.29, 1.82) is 0 Å². The van der Waals surface area contributed by atoms with E-state index < -0.39 is 6.17 Å². The van der Waals surface area contributed by atoms with Crippen molar-refractivity contribution in [2.24, 2.45) is 7.05 Å². The lowest BCUT2D eigenvalue weighted by Crippen LogP contribution is -2.33. The molecule has 1 aromatic rings. The molecule has 4 heteroatoms. The number of rotatable bonds is 3.